The summed E-state index contributed by atoms with van der Waals surface area (Å²) in [7, 11) is 0. The molecule has 0 spiro atoms. The quantitative estimate of drug-likeness (QED) is 0.849. The smallest absolute Gasteiger partial charge is 0.0396 e. The third-order valence-corrected chi connectivity index (χ3v) is 4.28. The number of rotatable bonds is 2. The number of anilines is 1. The number of nitrogens with one attached hydrogen (secondary N) is 1. The fraction of sp³-hybridized carbons (Fsp3) is 0.600. The fourth-order valence-electron chi connectivity index (χ4n) is 3.02. The number of hydrogen-bond acceptors (Lipinski definition) is 3. The van der Waals surface area contributed by atoms with Gasteiger partial charge in [-0.2, -0.15) is 0 Å². The van der Waals surface area contributed by atoms with Gasteiger partial charge in [0, 0.05) is 51.0 Å². The predicted molar refractivity (Wildman–Crippen MR) is 76.4 cm³/mol. The molecule has 98 valence electrons. The lowest BCUT2D eigenvalue weighted by molar-refractivity contribution is 0.138. The molecule has 2 aliphatic heterocycles. The summed E-state index contributed by atoms with van der Waals surface area (Å²) in [6, 6.07) is 7.60. The highest BCUT2D eigenvalue weighted by atomic mass is 15.3. The van der Waals surface area contributed by atoms with Crippen molar-refractivity contribution in [2.45, 2.75) is 19.9 Å². The molecule has 18 heavy (non-hydrogen) atoms. The summed E-state index contributed by atoms with van der Waals surface area (Å²) in [5.41, 5.74) is 4.19. The Morgan fingerprint density at radius 1 is 1.06 bits per heavy atom. The molecule has 2 aliphatic rings. The fourth-order valence-corrected chi connectivity index (χ4v) is 3.02. The van der Waals surface area contributed by atoms with Crippen molar-refractivity contribution >= 4 is 5.69 Å². The van der Waals surface area contributed by atoms with Crippen LogP contribution in [0, 0.1) is 13.8 Å². The maximum Gasteiger partial charge on any atom is 0.0396 e. The van der Waals surface area contributed by atoms with E-state index in [0.29, 0.717) is 0 Å². The highest BCUT2D eigenvalue weighted by Gasteiger charge is 2.27. The van der Waals surface area contributed by atoms with Gasteiger partial charge in [-0.25, -0.2) is 0 Å². The van der Waals surface area contributed by atoms with Gasteiger partial charge >= 0.3 is 0 Å². The Balaban J connectivity index is 1.64. The van der Waals surface area contributed by atoms with Crippen molar-refractivity contribution in [2.75, 3.05) is 44.2 Å². The van der Waals surface area contributed by atoms with E-state index in [0.717, 1.165) is 6.04 Å². The van der Waals surface area contributed by atoms with Crippen LogP contribution in [0.4, 0.5) is 5.69 Å². The standard InChI is InChI=1S/C15H23N3/c1-12-3-4-15(13(2)9-12)18-7-5-17(6-8-18)14-10-16-11-14/h3-4,9,14,16H,5-8,10-11H2,1-2H3. The SMILES string of the molecule is Cc1ccc(N2CCN(C3CNC3)CC2)c(C)c1. The minimum atomic E-state index is 0.797. The molecule has 0 aliphatic carbocycles. The lowest BCUT2D eigenvalue weighted by atomic mass is 10.1. The maximum absolute atomic E-state index is 3.36. The highest BCUT2D eigenvalue weighted by molar-refractivity contribution is 5.54. The van der Waals surface area contributed by atoms with Crippen LogP contribution in [0.5, 0.6) is 0 Å². The lowest BCUT2D eigenvalue weighted by Crippen LogP contribution is -2.61. The van der Waals surface area contributed by atoms with E-state index in [4.69, 9.17) is 0 Å². The van der Waals surface area contributed by atoms with Gasteiger partial charge in [-0.3, -0.25) is 4.90 Å². The van der Waals surface area contributed by atoms with Crippen LogP contribution >= 0.6 is 0 Å². The highest BCUT2D eigenvalue weighted by Crippen LogP contribution is 2.23. The van der Waals surface area contributed by atoms with Crippen LogP contribution in [0.15, 0.2) is 18.2 Å². The second-order valence-electron chi connectivity index (χ2n) is 5.63. The Morgan fingerprint density at radius 2 is 1.78 bits per heavy atom. The van der Waals surface area contributed by atoms with Gasteiger partial charge in [-0.15, -0.1) is 0 Å². The van der Waals surface area contributed by atoms with Crippen LogP contribution in [0.2, 0.25) is 0 Å². The molecule has 0 atom stereocenters. The summed E-state index contributed by atoms with van der Waals surface area (Å²) in [6.07, 6.45) is 0. The molecule has 1 N–H and O–H groups in total. The van der Waals surface area contributed by atoms with Crippen molar-refractivity contribution in [2.24, 2.45) is 0 Å². The molecule has 2 saturated heterocycles. The van der Waals surface area contributed by atoms with Crippen LogP contribution < -0.4 is 10.2 Å². The summed E-state index contributed by atoms with van der Waals surface area (Å²) in [4.78, 5) is 5.17. The van der Waals surface area contributed by atoms with Gasteiger partial charge in [-0.1, -0.05) is 17.7 Å². The van der Waals surface area contributed by atoms with Crippen LogP contribution in [0.3, 0.4) is 0 Å². The van der Waals surface area contributed by atoms with Crippen LogP contribution in [0.1, 0.15) is 11.1 Å². The molecule has 0 amide bonds. The number of benzene rings is 1. The second kappa shape index (κ2) is 4.90. The van der Waals surface area contributed by atoms with E-state index in [-0.39, 0.29) is 0 Å². The van der Waals surface area contributed by atoms with Crippen molar-refractivity contribution < 1.29 is 0 Å². The zero-order valence-corrected chi connectivity index (χ0v) is 11.4. The van der Waals surface area contributed by atoms with Gasteiger partial charge in [0.05, 0.1) is 0 Å². The van der Waals surface area contributed by atoms with Crippen molar-refractivity contribution in [1.82, 2.24) is 10.2 Å². The summed E-state index contributed by atoms with van der Waals surface area (Å²) in [5, 5.41) is 3.36. The van der Waals surface area contributed by atoms with Crippen molar-refractivity contribution in [1.29, 1.82) is 0 Å². The van der Waals surface area contributed by atoms with Crippen LogP contribution in [0.25, 0.3) is 0 Å². The first-order valence-electron chi connectivity index (χ1n) is 7.01. The minimum absolute atomic E-state index is 0.797. The summed E-state index contributed by atoms with van der Waals surface area (Å²) < 4.78 is 0. The van der Waals surface area contributed by atoms with Gasteiger partial charge in [0.15, 0.2) is 0 Å². The molecule has 2 heterocycles. The predicted octanol–water partition coefficient (Wildman–Crippen LogP) is 1.40. The first-order chi connectivity index (χ1) is 8.74. The third-order valence-electron chi connectivity index (χ3n) is 4.28. The third kappa shape index (κ3) is 2.25. The average Bonchev–Trinajstić information content (AvgIpc) is 2.28. The topological polar surface area (TPSA) is 18.5 Å². The molecule has 3 heteroatoms. The number of piperazine rings is 1. The molecule has 3 nitrogen and oxygen atoms in total. The number of nitrogens with zero attached hydrogens (tertiary/aromatic N) is 2. The normalized spacial score (nSPS) is 22.0. The zero-order chi connectivity index (χ0) is 12.5. The Bertz CT molecular complexity index is 418. The van der Waals surface area contributed by atoms with E-state index < -0.39 is 0 Å². The lowest BCUT2D eigenvalue weighted by Gasteiger charge is -2.44. The van der Waals surface area contributed by atoms with Crippen molar-refractivity contribution in [3.05, 3.63) is 29.3 Å². The number of aryl methyl sites for hydroxylation is 2. The van der Waals surface area contributed by atoms with E-state index in [2.05, 4.69) is 47.2 Å². The van der Waals surface area contributed by atoms with Gasteiger partial charge in [0.2, 0.25) is 0 Å². The molecule has 0 saturated carbocycles. The molecule has 0 bridgehead atoms. The Kier molecular flexibility index (Phi) is 3.27. The molecular formula is C15H23N3. The van der Waals surface area contributed by atoms with E-state index in [1.807, 2.05) is 0 Å². The monoisotopic (exact) mass is 245 g/mol. The van der Waals surface area contributed by atoms with E-state index >= 15 is 0 Å². The van der Waals surface area contributed by atoms with Crippen LogP contribution in [-0.4, -0.2) is 50.2 Å². The Hall–Kier alpha value is -1.06. The minimum Gasteiger partial charge on any atom is -0.369 e. The molecule has 1 aromatic rings. The summed E-state index contributed by atoms with van der Waals surface area (Å²) in [5.74, 6) is 0. The first-order valence-corrected chi connectivity index (χ1v) is 7.01. The molecule has 0 aromatic heterocycles. The van der Waals surface area contributed by atoms with Crippen molar-refractivity contribution in [3.63, 3.8) is 0 Å². The molecule has 3 rings (SSSR count). The molecule has 1 aromatic carbocycles. The molecule has 0 unspecified atom stereocenters. The van der Waals surface area contributed by atoms with E-state index in [1.165, 1.54) is 56.1 Å². The van der Waals surface area contributed by atoms with Crippen LogP contribution in [-0.2, 0) is 0 Å². The zero-order valence-electron chi connectivity index (χ0n) is 11.4. The van der Waals surface area contributed by atoms with E-state index in [9.17, 15) is 0 Å². The summed E-state index contributed by atoms with van der Waals surface area (Å²) >= 11 is 0. The van der Waals surface area contributed by atoms with Gasteiger partial charge in [0.1, 0.15) is 0 Å². The largest absolute Gasteiger partial charge is 0.369 e. The molecule has 0 radical (unpaired) electrons. The summed E-state index contributed by atoms with van der Waals surface area (Å²) in [6.45, 7) is 11.5. The van der Waals surface area contributed by atoms with Gasteiger partial charge < -0.3 is 10.2 Å². The Labute approximate surface area is 110 Å². The molecule has 2 fully saturated rings. The second-order valence-corrected chi connectivity index (χ2v) is 5.63. The average molecular weight is 245 g/mol. The van der Waals surface area contributed by atoms with Crippen molar-refractivity contribution in [3.8, 4) is 0 Å². The number of hydrogen-bond donors (Lipinski definition) is 1. The van der Waals surface area contributed by atoms with Gasteiger partial charge in [-0.05, 0) is 25.5 Å². The first kappa shape index (κ1) is 12.0. The van der Waals surface area contributed by atoms with E-state index in [1.54, 1.807) is 0 Å². The molecular weight excluding hydrogens is 222 g/mol. The Morgan fingerprint density at radius 3 is 2.33 bits per heavy atom. The maximum atomic E-state index is 3.36. The van der Waals surface area contributed by atoms with Gasteiger partial charge in [0.25, 0.3) is 0 Å².